The number of aryl methyl sites for hydroxylation is 1. The molecule has 2 aromatic rings. The Hall–Kier alpha value is -2.26. The van der Waals surface area contributed by atoms with E-state index >= 15 is 0 Å². The number of hydrogen-bond acceptors (Lipinski definition) is 5. The van der Waals surface area contributed by atoms with Crippen LogP contribution in [0.4, 0.5) is 10.5 Å². The minimum absolute atomic E-state index is 0.0548. The van der Waals surface area contributed by atoms with Gasteiger partial charge in [-0.3, -0.25) is 5.21 Å². The van der Waals surface area contributed by atoms with Gasteiger partial charge in [-0.25, -0.2) is 10.3 Å². The molecule has 8 nitrogen and oxygen atoms in total. The number of tetrazole rings is 1. The molecule has 0 bridgehead atoms. The fourth-order valence-electron chi connectivity index (χ4n) is 1.38. The Kier molecular flexibility index (Phi) is 3.35. The van der Waals surface area contributed by atoms with Gasteiger partial charge in [0.2, 0.25) is 0 Å². The molecule has 1 heterocycles. The van der Waals surface area contributed by atoms with Crippen LogP contribution in [0.2, 0.25) is 0 Å². The maximum absolute atomic E-state index is 11.7. The number of hydroxylamine groups is 1. The molecule has 0 saturated heterocycles. The van der Waals surface area contributed by atoms with Crippen LogP contribution in [0, 0.1) is 11.7 Å². The van der Waals surface area contributed by atoms with Crippen LogP contribution in [-0.2, 0) is 0 Å². The lowest BCUT2D eigenvalue weighted by Crippen LogP contribution is -2.43. The predicted octanol–water partition coefficient (Wildman–Crippen LogP) is 1.01. The highest BCUT2D eigenvalue weighted by atomic mass is 32.1. The Morgan fingerprint density at radius 1 is 1.50 bits per heavy atom. The van der Waals surface area contributed by atoms with E-state index in [9.17, 15) is 4.79 Å². The van der Waals surface area contributed by atoms with Crippen LogP contribution in [-0.4, -0.2) is 31.6 Å². The number of nitrogens with one attached hydrogen (secondary N) is 2. The summed E-state index contributed by atoms with van der Waals surface area (Å²) >= 11 is 4.91. The lowest BCUT2D eigenvalue weighted by Gasteiger charge is -2.20. The second-order valence-corrected chi connectivity index (χ2v) is 3.82. The molecule has 0 aliphatic rings. The normalized spacial score (nSPS) is 10.1. The van der Waals surface area contributed by atoms with Gasteiger partial charge in [-0.15, -0.1) is 4.79 Å². The summed E-state index contributed by atoms with van der Waals surface area (Å²) in [5.74, 6) is 0. The lowest BCUT2D eigenvalue weighted by molar-refractivity contribution is 0.164. The van der Waals surface area contributed by atoms with Crippen LogP contribution in [0.1, 0.15) is 5.56 Å². The maximum atomic E-state index is 11.7. The van der Waals surface area contributed by atoms with E-state index < -0.39 is 6.03 Å². The molecule has 18 heavy (non-hydrogen) atoms. The summed E-state index contributed by atoms with van der Waals surface area (Å²) in [5.41, 5.74) is 3.07. The molecule has 0 atom stereocenters. The summed E-state index contributed by atoms with van der Waals surface area (Å²) in [6.07, 6.45) is 0. The summed E-state index contributed by atoms with van der Waals surface area (Å²) in [7, 11) is 0. The van der Waals surface area contributed by atoms with Crippen molar-refractivity contribution in [3.05, 3.63) is 34.6 Å². The smallest absolute Gasteiger partial charge is 0.287 e. The van der Waals surface area contributed by atoms with Crippen molar-refractivity contribution in [2.24, 2.45) is 0 Å². The number of H-pyrrole nitrogens is 1. The minimum Gasteiger partial charge on any atom is -0.287 e. The van der Waals surface area contributed by atoms with Crippen molar-refractivity contribution in [3.8, 4) is 0 Å². The van der Waals surface area contributed by atoms with Crippen molar-refractivity contribution in [2.45, 2.75) is 6.92 Å². The molecule has 3 N–H and O–H groups in total. The monoisotopic (exact) mass is 266 g/mol. The number of amides is 2. The van der Waals surface area contributed by atoms with Crippen molar-refractivity contribution >= 4 is 23.9 Å². The van der Waals surface area contributed by atoms with Crippen LogP contribution >= 0.6 is 12.2 Å². The van der Waals surface area contributed by atoms with Gasteiger partial charge in [-0.05, 0) is 36.5 Å². The number of aromatic nitrogens is 4. The van der Waals surface area contributed by atoms with E-state index in [-0.39, 0.29) is 4.77 Å². The van der Waals surface area contributed by atoms with Crippen LogP contribution in [0.5, 0.6) is 0 Å². The maximum Gasteiger partial charge on any atom is 0.366 e. The van der Waals surface area contributed by atoms with Crippen LogP contribution in [0.3, 0.4) is 0 Å². The van der Waals surface area contributed by atoms with Gasteiger partial charge < -0.3 is 0 Å². The molecule has 9 heteroatoms. The average molecular weight is 266 g/mol. The third-order valence-corrected chi connectivity index (χ3v) is 2.48. The van der Waals surface area contributed by atoms with Crippen molar-refractivity contribution in [3.63, 3.8) is 0 Å². The third-order valence-electron chi connectivity index (χ3n) is 2.22. The summed E-state index contributed by atoms with van der Waals surface area (Å²) in [4.78, 5) is 12.8. The number of hydrogen-bond donors (Lipinski definition) is 3. The molecule has 0 radical (unpaired) electrons. The molecule has 94 valence electrons. The Morgan fingerprint density at radius 2 is 2.17 bits per heavy atom. The van der Waals surface area contributed by atoms with E-state index in [1.807, 2.05) is 19.1 Å². The highest BCUT2D eigenvalue weighted by Crippen LogP contribution is 2.15. The number of nitrogens with zero attached hydrogens (tertiary/aromatic N) is 4. The highest BCUT2D eigenvalue weighted by molar-refractivity contribution is 7.71. The van der Waals surface area contributed by atoms with E-state index in [1.165, 1.54) is 5.48 Å². The van der Waals surface area contributed by atoms with Gasteiger partial charge in [-0.1, -0.05) is 22.8 Å². The van der Waals surface area contributed by atoms with Crippen molar-refractivity contribution < 1.29 is 10.0 Å². The van der Waals surface area contributed by atoms with Gasteiger partial charge in [0.05, 0.1) is 5.69 Å². The van der Waals surface area contributed by atoms with Gasteiger partial charge in [0.15, 0.2) is 0 Å². The summed E-state index contributed by atoms with van der Waals surface area (Å²) in [6.45, 7) is 1.92. The van der Waals surface area contributed by atoms with Crippen molar-refractivity contribution in [2.75, 3.05) is 5.01 Å². The largest absolute Gasteiger partial charge is 0.366 e. The molecule has 0 aliphatic heterocycles. The van der Waals surface area contributed by atoms with E-state index in [0.717, 1.165) is 15.4 Å². The number of rotatable bonds is 2. The first-order valence-electron chi connectivity index (χ1n) is 4.94. The van der Waals surface area contributed by atoms with Gasteiger partial charge >= 0.3 is 6.03 Å². The molecule has 0 fully saturated rings. The van der Waals surface area contributed by atoms with Crippen molar-refractivity contribution in [1.29, 1.82) is 0 Å². The van der Waals surface area contributed by atoms with E-state index in [4.69, 9.17) is 17.4 Å². The number of anilines is 1. The first-order valence-corrected chi connectivity index (χ1v) is 5.35. The standard InChI is InChI=1S/C9H10N6O2S/c1-6-2-4-7(5-3-6)14(8(16)11-17)15-9(18)10-12-13-15/h2-5,17H,1H3,(H,11,16)(H,10,13,18). The molecule has 0 saturated carbocycles. The fraction of sp³-hybridized carbons (Fsp3) is 0.111. The summed E-state index contributed by atoms with van der Waals surface area (Å²) in [6, 6.07) is 6.25. The second kappa shape index (κ2) is 4.94. The SMILES string of the molecule is Cc1ccc(N(C(=O)NO)n2[nH]nnc2=S)cc1. The Balaban J connectivity index is 2.50. The van der Waals surface area contributed by atoms with Gasteiger partial charge in [0, 0.05) is 0 Å². The van der Waals surface area contributed by atoms with Crippen LogP contribution in [0.15, 0.2) is 24.3 Å². The molecule has 0 spiro atoms. The number of benzene rings is 1. The summed E-state index contributed by atoms with van der Waals surface area (Å²) in [5, 5.41) is 19.3. The van der Waals surface area contributed by atoms with Crippen LogP contribution in [0.25, 0.3) is 0 Å². The Labute approximate surface area is 107 Å². The average Bonchev–Trinajstić information content (AvgIpc) is 2.78. The molecule has 2 amide bonds. The number of carbonyl (C=O) groups excluding carboxylic acids is 1. The van der Waals surface area contributed by atoms with Gasteiger partial charge in [0.25, 0.3) is 4.77 Å². The molecule has 0 unspecified atom stereocenters. The molecular weight excluding hydrogens is 256 g/mol. The van der Waals surface area contributed by atoms with E-state index in [0.29, 0.717) is 5.69 Å². The van der Waals surface area contributed by atoms with Crippen molar-refractivity contribution in [1.82, 2.24) is 25.8 Å². The van der Waals surface area contributed by atoms with E-state index in [2.05, 4.69) is 15.5 Å². The lowest BCUT2D eigenvalue weighted by atomic mass is 10.2. The minimum atomic E-state index is -0.791. The first-order chi connectivity index (χ1) is 8.63. The highest BCUT2D eigenvalue weighted by Gasteiger charge is 2.18. The summed E-state index contributed by atoms with van der Waals surface area (Å²) < 4.78 is 0.0548. The van der Waals surface area contributed by atoms with Gasteiger partial charge in [-0.2, -0.15) is 10.2 Å². The predicted molar refractivity (Wildman–Crippen MR) is 64.6 cm³/mol. The zero-order chi connectivity index (χ0) is 13.1. The zero-order valence-corrected chi connectivity index (χ0v) is 10.2. The quantitative estimate of drug-likeness (QED) is 0.428. The topological polar surface area (TPSA) is 99.1 Å². The molecular formula is C9H10N6O2S. The van der Waals surface area contributed by atoms with Crippen LogP contribution < -0.4 is 10.5 Å². The molecule has 1 aromatic carbocycles. The molecule has 1 aromatic heterocycles. The number of urea groups is 1. The molecule has 0 aliphatic carbocycles. The number of carbonyl (C=O) groups is 1. The third kappa shape index (κ3) is 2.21. The fourth-order valence-corrected chi connectivity index (χ4v) is 1.54. The Bertz CT molecular complexity index is 604. The molecule has 2 rings (SSSR count). The second-order valence-electron chi connectivity index (χ2n) is 3.46. The van der Waals surface area contributed by atoms with E-state index in [1.54, 1.807) is 12.1 Å². The zero-order valence-electron chi connectivity index (χ0n) is 9.36. The first kappa shape index (κ1) is 12.2. The number of aromatic amines is 1. The van der Waals surface area contributed by atoms with Gasteiger partial charge in [0.1, 0.15) is 0 Å². The Morgan fingerprint density at radius 3 is 2.67 bits per heavy atom.